The van der Waals surface area contributed by atoms with Crippen LogP contribution in [0.5, 0.6) is 0 Å². The van der Waals surface area contributed by atoms with Crippen LogP contribution in [-0.2, 0) is 22.6 Å². The van der Waals surface area contributed by atoms with Crippen LogP contribution in [0.4, 0.5) is 9.18 Å². The summed E-state index contributed by atoms with van der Waals surface area (Å²) < 4.78 is 22.7. The van der Waals surface area contributed by atoms with Crippen LogP contribution in [-0.4, -0.2) is 95.4 Å². The number of likely N-dealkylation sites (tertiary alicyclic amines) is 2. The number of ether oxygens (including phenoxy) is 1. The van der Waals surface area contributed by atoms with Gasteiger partial charge in [-0.25, -0.2) is 9.18 Å². The van der Waals surface area contributed by atoms with E-state index in [4.69, 9.17) is 4.74 Å². The highest BCUT2D eigenvalue weighted by Crippen LogP contribution is 2.23. The second-order valence-electron chi connectivity index (χ2n) is 11.1. The molecule has 1 aromatic rings. The predicted octanol–water partition coefficient (Wildman–Crippen LogP) is 2.23. The molecule has 1 aromatic heterocycles. The van der Waals surface area contributed by atoms with Gasteiger partial charge in [-0.1, -0.05) is 19.9 Å². The monoisotopic (exact) mass is 519 g/mol. The smallest absolute Gasteiger partial charge is 0.324 e. The molecule has 3 aliphatic rings. The molecule has 3 fully saturated rings. The number of halogens is 1. The van der Waals surface area contributed by atoms with Crippen molar-refractivity contribution < 1.29 is 18.7 Å². The van der Waals surface area contributed by atoms with Gasteiger partial charge in [0.05, 0.1) is 18.8 Å². The molecule has 0 bridgehead atoms. The number of hydrogen-bond donors (Lipinski definition) is 1. The largest absolute Gasteiger partial charge is 0.372 e. The number of nitrogens with zero attached hydrogens (tertiary/aromatic N) is 4. The lowest BCUT2D eigenvalue weighted by Gasteiger charge is -2.39. The van der Waals surface area contributed by atoms with Crippen molar-refractivity contribution >= 4 is 11.9 Å². The van der Waals surface area contributed by atoms with Crippen LogP contribution >= 0.6 is 0 Å². The Morgan fingerprint density at radius 2 is 1.78 bits per heavy atom. The molecule has 0 spiro atoms. The summed E-state index contributed by atoms with van der Waals surface area (Å²) in [6.07, 6.45) is 4.50. The molecule has 2 atom stereocenters. The third-order valence-corrected chi connectivity index (χ3v) is 7.75. The summed E-state index contributed by atoms with van der Waals surface area (Å²) in [5.74, 6) is 0.350. The lowest BCUT2D eigenvalue weighted by Crippen LogP contribution is -2.49. The molecule has 10 heteroatoms. The number of nitrogens with one attached hydrogen (secondary N) is 1. The number of hydrogen-bond acceptors (Lipinski definition) is 6. The number of imide groups is 1. The van der Waals surface area contributed by atoms with Gasteiger partial charge in [0.1, 0.15) is 6.17 Å². The van der Waals surface area contributed by atoms with Crippen LogP contribution < -0.4 is 10.9 Å². The number of urea groups is 1. The number of amides is 3. The van der Waals surface area contributed by atoms with E-state index in [1.165, 1.54) is 4.90 Å². The van der Waals surface area contributed by atoms with Crippen LogP contribution in [0.3, 0.4) is 0 Å². The maximum absolute atomic E-state index is 14.8. The van der Waals surface area contributed by atoms with Crippen LogP contribution in [0.1, 0.15) is 51.5 Å². The first kappa shape index (κ1) is 27.7. The van der Waals surface area contributed by atoms with Gasteiger partial charge in [0.2, 0.25) is 5.91 Å². The molecule has 3 amide bonds. The Kier molecular flexibility index (Phi) is 9.72. The van der Waals surface area contributed by atoms with Gasteiger partial charge in [-0.3, -0.25) is 14.9 Å². The molecule has 0 radical (unpaired) electrons. The van der Waals surface area contributed by atoms with E-state index in [0.717, 1.165) is 58.4 Å². The molecule has 2 unspecified atom stereocenters. The predicted molar refractivity (Wildman–Crippen MR) is 139 cm³/mol. The highest BCUT2D eigenvalue weighted by Gasteiger charge is 2.33. The summed E-state index contributed by atoms with van der Waals surface area (Å²) in [7, 11) is 0. The molecule has 206 valence electrons. The normalized spacial score (nSPS) is 24.6. The average Bonchev–Trinajstić information content (AvgIpc) is 2.87. The molecule has 0 aromatic carbocycles. The van der Waals surface area contributed by atoms with Gasteiger partial charge in [-0.05, 0) is 44.2 Å². The maximum atomic E-state index is 14.8. The first-order chi connectivity index (χ1) is 17.8. The quantitative estimate of drug-likeness (QED) is 0.510. The summed E-state index contributed by atoms with van der Waals surface area (Å²) in [4.78, 5) is 42.4. The zero-order valence-electron chi connectivity index (χ0n) is 22.2. The summed E-state index contributed by atoms with van der Waals surface area (Å²) in [6.45, 7) is 10.3. The first-order valence-electron chi connectivity index (χ1n) is 13.8. The van der Waals surface area contributed by atoms with E-state index in [1.807, 2.05) is 6.07 Å². The standard InChI is InChI=1S/C27H42FN5O4/c1-20(2)5-11-31-14-8-24(23(28)19-31)37-22-6-12-30(13-7-22)16-17-32-10-3-4-21(26(32)35)18-33-15-9-25(34)29-27(33)36/h3-4,10,20,22-24H,5-9,11-19H2,1-2H3,(H,29,34,36). The van der Waals surface area contributed by atoms with Crippen LogP contribution in [0.2, 0.25) is 0 Å². The molecule has 4 heterocycles. The molecule has 0 aliphatic carbocycles. The SMILES string of the molecule is CC(C)CCN1CCC(OC2CCN(CCn3cccc(CN4CCC(=O)NC4=O)c3=O)CC2)C(F)C1. The Labute approximate surface area is 218 Å². The Morgan fingerprint density at radius 1 is 1.03 bits per heavy atom. The number of piperidine rings is 2. The Hall–Kier alpha value is -2.30. The van der Waals surface area contributed by atoms with E-state index in [9.17, 15) is 18.8 Å². The molecule has 3 aliphatic heterocycles. The first-order valence-corrected chi connectivity index (χ1v) is 13.8. The number of rotatable bonds is 10. The van der Waals surface area contributed by atoms with Crippen molar-refractivity contribution in [1.29, 1.82) is 0 Å². The fourth-order valence-electron chi connectivity index (χ4n) is 5.35. The minimum Gasteiger partial charge on any atom is -0.372 e. The van der Waals surface area contributed by atoms with Gasteiger partial charge < -0.3 is 24.0 Å². The third kappa shape index (κ3) is 7.85. The molecule has 3 saturated heterocycles. The highest BCUT2D eigenvalue weighted by molar-refractivity contribution is 5.96. The van der Waals surface area contributed by atoms with Crippen molar-refractivity contribution in [2.24, 2.45) is 5.92 Å². The molecule has 4 rings (SSSR count). The van der Waals surface area contributed by atoms with Gasteiger partial charge in [0, 0.05) is 64.0 Å². The highest BCUT2D eigenvalue weighted by atomic mass is 19.1. The number of alkyl halides is 1. The van der Waals surface area contributed by atoms with E-state index in [0.29, 0.717) is 31.1 Å². The minimum atomic E-state index is -0.922. The molecule has 37 heavy (non-hydrogen) atoms. The van der Waals surface area contributed by atoms with Gasteiger partial charge in [-0.15, -0.1) is 0 Å². The summed E-state index contributed by atoms with van der Waals surface area (Å²) in [6, 6.07) is 3.11. The third-order valence-electron chi connectivity index (χ3n) is 7.75. The van der Waals surface area contributed by atoms with Crippen LogP contribution in [0.25, 0.3) is 0 Å². The van der Waals surface area contributed by atoms with E-state index in [2.05, 4.69) is 29.0 Å². The summed E-state index contributed by atoms with van der Waals surface area (Å²) in [5, 5.41) is 2.29. The lowest BCUT2D eigenvalue weighted by atomic mass is 10.0. The maximum Gasteiger partial charge on any atom is 0.324 e. The van der Waals surface area contributed by atoms with Crippen molar-refractivity contribution in [3.63, 3.8) is 0 Å². The van der Waals surface area contributed by atoms with E-state index >= 15 is 0 Å². The second kappa shape index (κ2) is 13.0. The van der Waals surface area contributed by atoms with Gasteiger partial charge >= 0.3 is 6.03 Å². The zero-order valence-corrected chi connectivity index (χ0v) is 22.2. The van der Waals surface area contributed by atoms with E-state index in [1.54, 1.807) is 16.8 Å². The number of pyridine rings is 1. The number of carbonyl (C=O) groups is 2. The van der Waals surface area contributed by atoms with E-state index < -0.39 is 12.2 Å². The van der Waals surface area contributed by atoms with Crippen molar-refractivity contribution in [3.05, 3.63) is 34.2 Å². The summed E-state index contributed by atoms with van der Waals surface area (Å²) in [5.41, 5.74) is 0.425. The van der Waals surface area contributed by atoms with E-state index in [-0.39, 0.29) is 36.6 Å². The molecule has 0 saturated carbocycles. The van der Waals surface area contributed by atoms with Crippen LogP contribution in [0.15, 0.2) is 23.1 Å². The van der Waals surface area contributed by atoms with Gasteiger partial charge in [0.15, 0.2) is 0 Å². The van der Waals surface area contributed by atoms with Crippen molar-refractivity contribution in [2.75, 3.05) is 45.8 Å². The zero-order chi connectivity index (χ0) is 26.4. The molecule has 1 N–H and O–H groups in total. The Morgan fingerprint density at radius 3 is 2.49 bits per heavy atom. The molecule has 9 nitrogen and oxygen atoms in total. The van der Waals surface area contributed by atoms with Crippen molar-refractivity contribution in [1.82, 2.24) is 24.6 Å². The topological polar surface area (TPSA) is 87.1 Å². The number of carbonyl (C=O) groups excluding carboxylic acids is 2. The minimum absolute atomic E-state index is 0.0929. The van der Waals surface area contributed by atoms with Crippen LogP contribution in [0, 0.1) is 5.92 Å². The van der Waals surface area contributed by atoms with Gasteiger partial charge in [0.25, 0.3) is 5.56 Å². The van der Waals surface area contributed by atoms with Gasteiger partial charge in [-0.2, -0.15) is 0 Å². The number of aromatic nitrogens is 1. The van der Waals surface area contributed by atoms with Crippen molar-refractivity contribution in [3.8, 4) is 0 Å². The molecular weight excluding hydrogens is 477 g/mol. The Bertz CT molecular complexity index is 978. The summed E-state index contributed by atoms with van der Waals surface area (Å²) >= 11 is 0. The average molecular weight is 520 g/mol. The molecular formula is C27H42FN5O4. The fraction of sp³-hybridized carbons (Fsp3) is 0.741. The fourth-order valence-corrected chi connectivity index (χ4v) is 5.35. The second-order valence-corrected chi connectivity index (χ2v) is 11.1. The van der Waals surface area contributed by atoms with Crippen molar-refractivity contribution in [2.45, 2.75) is 77.4 Å². The lowest BCUT2D eigenvalue weighted by molar-refractivity contribution is -0.121. The Balaban J connectivity index is 1.19.